The van der Waals surface area contributed by atoms with Crippen LogP contribution in [0, 0.1) is 5.82 Å². The van der Waals surface area contributed by atoms with Crippen LogP contribution in [-0.4, -0.2) is 30.4 Å². The van der Waals surface area contributed by atoms with Crippen molar-refractivity contribution in [2.45, 2.75) is 38.1 Å². The summed E-state index contributed by atoms with van der Waals surface area (Å²) in [5, 5.41) is 3.01. The highest BCUT2D eigenvalue weighted by atomic mass is 19.1. The van der Waals surface area contributed by atoms with Crippen molar-refractivity contribution in [3.63, 3.8) is 0 Å². The third-order valence-electron chi connectivity index (χ3n) is 5.54. The number of halogens is 1. The molecule has 1 saturated heterocycles. The van der Waals surface area contributed by atoms with Gasteiger partial charge in [0.2, 0.25) is 5.91 Å². The molecule has 1 aliphatic heterocycles. The molecule has 1 N–H and O–H groups in total. The number of nitrogens with one attached hydrogen (secondary N) is 1. The van der Waals surface area contributed by atoms with Gasteiger partial charge in [0.15, 0.2) is 0 Å². The highest BCUT2D eigenvalue weighted by Crippen LogP contribution is 2.36. The van der Waals surface area contributed by atoms with Crippen molar-refractivity contribution in [1.82, 2.24) is 10.2 Å². The molecule has 2 aromatic carbocycles. The summed E-state index contributed by atoms with van der Waals surface area (Å²) in [6.07, 6.45) is 2.58. The van der Waals surface area contributed by atoms with E-state index in [1.807, 2.05) is 30.3 Å². The van der Waals surface area contributed by atoms with Crippen LogP contribution < -0.4 is 5.32 Å². The molecule has 3 rings (SSSR count). The highest BCUT2D eigenvalue weighted by molar-refractivity contribution is 5.88. The second kappa shape index (κ2) is 8.45. The van der Waals surface area contributed by atoms with Crippen LogP contribution in [0.4, 0.5) is 4.39 Å². The fourth-order valence-electron chi connectivity index (χ4n) is 3.90. The molecule has 26 heavy (non-hydrogen) atoms. The van der Waals surface area contributed by atoms with Crippen molar-refractivity contribution in [3.05, 3.63) is 71.5 Å². The molecule has 1 amide bonds. The Labute approximate surface area is 155 Å². The summed E-state index contributed by atoms with van der Waals surface area (Å²) in [7, 11) is 0. The number of hydrogen-bond donors (Lipinski definition) is 1. The summed E-state index contributed by atoms with van der Waals surface area (Å²) in [6, 6.07) is 16.7. The lowest BCUT2D eigenvalue weighted by Gasteiger charge is -2.32. The first kappa shape index (κ1) is 18.6. The molecule has 0 aromatic heterocycles. The fourth-order valence-corrected chi connectivity index (χ4v) is 3.90. The molecule has 0 unspecified atom stereocenters. The molecule has 0 radical (unpaired) electrons. The molecule has 1 heterocycles. The van der Waals surface area contributed by atoms with Gasteiger partial charge in [-0.3, -0.25) is 4.79 Å². The molecule has 0 aliphatic carbocycles. The Kier molecular flexibility index (Phi) is 6.04. The lowest BCUT2D eigenvalue weighted by atomic mass is 9.73. The van der Waals surface area contributed by atoms with Crippen molar-refractivity contribution in [1.29, 1.82) is 0 Å². The number of carbonyl (C=O) groups excluding carboxylic acids is 1. The van der Waals surface area contributed by atoms with E-state index in [-0.39, 0.29) is 18.3 Å². The first-order valence-corrected chi connectivity index (χ1v) is 9.45. The molecule has 3 nitrogen and oxygen atoms in total. The zero-order valence-corrected chi connectivity index (χ0v) is 15.4. The Balaban J connectivity index is 1.83. The van der Waals surface area contributed by atoms with E-state index in [1.54, 1.807) is 18.2 Å². The summed E-state index contributed by atoms with van der Waals surface area (Å²) >= 11 is 0. The van der Waals surface area contributed by atoms with E-state index in [2.05, 4.69) is 17.1 Å². The van der Waals surface area contributed by atoms with E-state index >= 15 is 0 Å². The molecule has 0 bridgehead atoms. The summed E-state index contributed by atoms with van der Waals surface area (Å²) in [5.74, 6) is -0.274. The zero-order valence-electron chi connectivity index (χ0n) is 15.4. The normalized spacial score (nSPS) is 21.2. The van der Waals surface area contributed by atoms with Gasteiger partial charge in [-0.25, -0.2) is 4.39 Å². The zero-order chi connectivity index (χ0) is 18.4. The van der Waals surface area contributed by atoms with Gasteiger partial charge in [-0.2, -0.15) is 0 Å². The second-order valence-corrected chi connectivity index (χ2v) is 7.01. The highest BCUT2D eigenvalue weighted by Gasteiger charge is 2.41. The van der Waals surface area contributed by atoms with Gasteiger partial charge in [0, 0.05) is 12.1 Å². The van der Waals surface area contributed by atoms with Gasteiger partial charge < -0.3 is 10.2 Å². The molecular formula is C22H27FN2O. The third-order valence-corrected chi connectivity index (χ3v) is 5.54. The van der Waals surface area contributed by atoms with Crippen LogP contribution >= 0.6 is 0 Å². The van der Waals surface area contributed by atoms with Crippen molar-refractivity contribution in [3.8, 4) is 0 Å². The molecule has 1 atom stereocenters. The Morgan fingerprint density at radius 3 is 2.54 bits per heavy atom. The third kappa shape index (κ3) is 3.96. The minimum atomic E-state index is -0.545. The minimum Gasteiger partial charge on any atom is -0.351 e. The second-order valence-electron chi connectivity index (χ2n) is 7.01. The Morgan fingerprint density at radius 2 is 1.81 bits per heavy atom. The number of likely N-dealkylation sites (tertiary alicyclic amines) is 1. The van der Waals surface area contributed by atoms with Crippen LogP contribution in [0.3, 0.4) is 0 Å². The van der Waals surface area contributed by atoms with Crippen LogP contribution in [0.15, 0.2) is 54.6 Å². The topological polar surface area (TPSA) is 32.3 Å². The van der Waals surface area contributed by atoms with Gasteiger partial charge in [0.05, 0.1) is 5.41 Å². The Bertz CT molecular complexity index is 734. The predicted octanol–water partition coefficient (Wildman–Crippen LogP) is 3.89. The SMILES string of the molecule is CCN1CCC[C@](C(=O)NCc2ccccc2F)(c2ccccc2)CC1. The van der Waals surface area contributed by atoms with Gasteiger partial charge in [-0.15, -0.1) is 0 Å². The maximum atomic E-state index is 13.9. The Hall–Kier alpha value is -2.20. The van der Waals surface area contributed by atoms with Crippen molar-refractivity contribution in [2.24, 2.45) is 0 Å². The lowest BCUT2D eigenvalue weighted by Crippen LogP contribution is -2.45. The molecule has 0 spiro atoms. The molecule has 2 aromatic rings. The smallest absolute Gasteiger partial charge is 0.230 e. The lowest BCUT2D eigenvalue weighted by molar-refractivity contribution is -0.127. The number of hydrogen-bond acceptors (Lipinski definition) is 2. The van der Waals surface area contributed by atoms with E-state index in [9.17, 15) is 9.18 Å². The summed E-state index contributed by atoms with van der Waals surface area (Å²) < 4.78 is 13.9. The minimum absolute atomic E-state index is 0.00454. The van der Waals surface area contributed by atoms with E-state index in [0.29, 0.717) is 5.56 Å². The van der Waals surface area contributed by atoms with Crippen molar-refractivity contribution < 1.29 is 9.18 Å². The number of benzene rings is 2. The predicted molar refractivity (Wildman–Crippen MR) is 102 cm³/mol. The Morgan fingerprint density at radius 1 is 1.08 bits per heavy atom. The monoisotopic (exact) mass is 354 g/mol. The molecule has 0 saturated carbocycles. The maximum Gasteiger partial charge on any atom is 0.230 e. The van der Waals surface area contributed by atoms with Gasteiger partial charge >= 0.3 is 0 Å². The average Bonchev–Trinajstić information content (AvgIpc) is 2.91. The number of rotatable bonds is 5. The van der Waals surface area contributed by atoms with Crippen LogP contribution in [0.1, 0.15) is 37.3 Å². The molecule has 1 aliphatic rings. The first-order chi connectivity index (χ1) is 12.7. The standard InChI is InChI=1S/C22H27FN2O/c1-2-25-15-8-13-22(14-16-25,19-10-4-3-5-11-19)21(26)24-17-18-9-6-7-12-20(18)23/h3-7,9-12H,2,8,13-17H2,1H3,(H,24,26)/t22-/m1/s1. The van der Waals surface area contributed by atoms with Crippen LogP contribution in [-0.2, 0) is 16.8 Å². The van der Waals surface area contributed by atoms with Crippen LogP contribution in [0.5, 0.6) is 0 Å². The molecule has 138 valence electrons. The van der Waals surface area contributed by atoms with E-state index in [4.69, 9.17) is 0 Å². The fraction of sp³-hybridized carbons (Fsp3) is 0.409. The average molecular weight is 354 g/mol. The van der Waals surface area contributed by atoms with Crippen molar-refractivity contribution in [2.75, 3.05) is 19.6 Å². The van der Waals surface area contributed by atoms with Crippen LogP contribution in [0.25, 0.3) is 0 Å². The quantitative estimate of drug-likeness (QED) is 0.884. The number of carbonyl (C=O) groups is 1. The van der Waals surface area contributed by atoms with E-state index in [0.717, 1.165) is 44.5 Å². The maximum absolute atomic E-state index is 13.9. The van der Waals surface area contributed by atoms with E-state index in [1.165, 1.54) is 6.07 Å². The first-order valence-electron chi connectivity index (χ1n) is 9.45. The number of amides is 1. The largest absolute Gasteiger partial charge is 0.351 e. The summed E-state index contributed by atoms with van der Waals surface area (Å²) in [6.45, 7) is 5.30. The summed E-state index contributed by atoms with van der Waals surface area (Å²) in [5.41, 5.74) is 1.04. The van der Waals surface area contributed by atoms with Crippen molar-refractivity contribution >= 4 is 5.91 Å². The molecule has 1 fully saturated rings. The molecule has 4 heteroatoms. The van der Waals surface area contributed by atoms with E-state index < -0.39 is 5.41 Å². The van der Waals surface area contributed by atoms with Gasteiger partial charge in [-0.05, 0) is 50.5 Å². The van der Waals surface area contributed by atoms with Gasteiger partial charge in [0.25, 0.3) is 0 Å². The number of nitrogens with zero attached hydrogens (tertiary/aromatic N) is 1. The van der Waals surface area contributed by atoms with Gasteiger partial charge in [-0.1, -0.05) is 55.5 Å². The summed E-state index contributed by atoms with van der Waals surface area (Å²) in [4.78, 5) is 15.7. The van der Waals surface area contributed by atoms with Gasteiger partial charge in [0.1, 0.15) is 5.82 Å². The molecular weight excluding hydrogens is 327 g/mol. The van der Waals surface area contributed by atoms with Crippen LogP contribution in [0.2, 0.25) is 0 Å².